The van der Waals surface area contributed by atoms with Gasteiger partial charge in [0.15, 0.2) is 5.82 Å². The molecule has 0 radical (unpaired) electrons. The maximum atomic E-state index is 6.09. The van der Waals surface area contributed by atoms with E-state index in [1.807, 2.05) is 23.9 Å². The van der Waals surface area contributed by atoms with Crippen LogP contribution < -0.4 is 4.90 Å². The van der Waals surface area contributed by atoms with E-state index in [-0.39, 0.29) is 0 Å². The molecule has 0 amide bonds. The first-order valence-electron chi connectivity index (χ1n) is 9.06. The highest BCUT2D eigenvalue weighted by Gasteiger charge is 2.23. The van der Waals surface area contributed by atoms with Crippen molar-refractivity contribution >= 4 is 5.82 Å². The molecule has 134 valence electrons. The van der Waals surface area contributed by atoms with Gasteiger partial charge in [-0.3, -0.25) is 9.55 Å². The lowest BCUT2D eigenvalue weighted by molar-refractivity contribution is 0.0131. The molecule has 7 heteroatoms. The fourth-order valence-corrected chi connectivity index (χ4v) is 3.47. The normalized spacial score (nSPS) is 21.8. The number of anilines is 1. The van der Waals surface area contributed by atoms with Crippen LogP contribution in [0.3, 0.4) is 0 Å². The van der Waals surface area contributed by atoms with Crippen molar-refractivity contribution in [1.29, 1.82) is 0 Å². The van der Waals surface area contributed by atoms with E-state index in [4.69, 9.17) is 14.5 Å². The Kier molecular flexibility index (Phi) is 4.94. The van der Waals surface area contributed by atoms with Crippen molar-refractivity contribution < 1.29 is 9.47 Å². The molecule has 1 unspecified atom stereocenters. The standard InChI is InChI=1S/C18H25N5O2/c1-14-20-5-8-23(14)18-11-19-10-17(21-18)22-6-2-16(3-7-22)25-13-15-4-9-24-12-15/h5,8,10-11,15-16H,2-4,6-7,9,12-13H2,1H3. The molecule has 2 aromatic heterocycles. The Balaban J connectivity index is 1.34. The molecule has 0 aliphatic carbocycles. The van der Waals surface area contributed by atoms with E-state index < -0.39 is 0 Å². The highest BCUT2D eigenvalue weighted by molar-refractivity contribution is 5.40. The van der Waals surface area contributed by atoms with Crippen molar-refractivity contribution in [3.63, 3.8) is 0 Å². The number of ether oxygens (including phenoxy) is 2. The van der Waals surface area contributed by atoms with Crippen LogP contribution >= 0.6 is 0 Å². The van der Waals surface area contributed by atoms with Crippen molar-refractivity contribution in [1.82, 2.24) is 19.5 Å². The van der Waals surface area contributed by atoms with Gasteiger partial charge in [0, 0.05) is 38.0 Å². The summed E-state index contributed by atoms with van der Waals surface area (Å²) in [5.41, 5.74) is 0. The fraction of sp³-hybridized carbons (Fsp3) is 0.611. The average Bonchev–Trinajstić information content (AvgIpc) is 3.32. The van der Waals surface area contributed by atoms with Gasteiger partial charge in [-0.05, 0) is 26.2 Å². The van der Waals surface area contributed by atoms with E-state index in [2.05, 4.69) is 14.9 Å². The second kappa shape index (κ2) is 7.49. The molecule has 2 fully saturated rings. The summed E-state index contributed by atoms with van der Waals surface area (Å²) in [5, 5.41) is 0. The minimum absolute atomic E-state index is 0.351. The van der Waals surface area contributed by atoms with Gasteiger partial charge >= 0.3 is 0 Å². The van der Waals surface area contributed by atoms with Crippen LogP contribution in [0.25, 0.3) is 5.82 Å². The van der Waals surface area contributed by atoms with Crippen LogP contribution in [0.4, 0.5) is 5.82 Å². The Morgan fingerprint density at radius 2 is 2.04 bits per heavy atom. The van der Waals surface area contributed by atoms with E-state index >= 15 is 0 Å². The van der Waals surface area contributed by atoms with Crippen LogP contribution in [0.1, 0.15) is 25.1 Å². The molecule has 2 saturated heterocycles. The molecule has 2 aliphatic rings. The molecule has 7 nitrogen and oxygen atoms in total. The first-order chi connectivity index (χ1) is 12.3. The van der Waals surface area contributed by atoms with Gasteiger partial charge in [-0.2, -0.15) is 0 Å². The summed E-state index contributed by atoms with van der Waals surface area (Å²) in [4.78, 5) is 15.7. The third-order valence-electron chi connectivity index (χ3n) is 5.04. The highest BCUT2D eigenvalue weighted by atomic mass is 16.5. The Morgan fingerprint density at radius 1 is 1.20 bits per heavy atom. The molecular weight excluding hydrogens is 318 g/mol. The topological polar surface area (TPSA) is 65.3 Å². The number of aryl methyl sites for hydroxylation is 1. The number of hydrogen-bond donors (Lipinski definition) is 0. The number of imidazole rings is 1. The Hall–Kier alpha value is -1.99. The first kappa shape index (κ1) is 16.5. The minimum atomic E-state index is 0.351. The molecule has 0 N–H and O–H groups in total. The summed E-state index contributed by atoms with van der Waals surface area (Å²) in [6, 6.07) is 0. The minimum Gasteiger partial charge on any atom is -0.381 e. The molecule has 4 rings (SSSR count). The fourth-order valence-electron chi connectivity index (χ4n) is 3.47. The van der Waals surface area contributed by atoms with E-state index in [0.717, 1.165) is 69.6 Å². The van der Waals surface area contributed by atoms with E-state index in [1.165, 1.54) is 0 Å². The van der Waals surface area contributed by atoms with Crippen molar-refractivity contribution in [2.75, 3.05) is 37.8 Å². The van der Waals surface area contributed by atoms with Crippen molar-refractivity contribution in [2.45, 2.75) is 32.3 Å². The first-order valence-corrected chi connectivity index (χ1v) is 9.06. The van der Waals surface area contributed by atoms with Gasteiger partial charge < -0.3 is 14.4 Å². The second-order valence-corrected chi connectivity index (χ2v) is 6.83. The molecule has 2 aromatic rings. The number of nitrogens with zero attached hydrogens (tertiary/aromatic N) is 5. The van der Waals surface area contributed by atoms with Gasteiger partial charge in [-0.15, -0.1) is 0 Å². The number of rotatable bonds is 5. The number of piperidine rings is 1. The monoisotopic (exact) mass is 343 g/mol. The SMILES string of the molecule is Cc1nccn1-c1cncc(N2CCC(OCC3CCOC3)CC2)n1. The van der Waals surface area contributed by atoms with Gasteiger partial charge in [0.2, 0.25) is 0 Å². The molecule has 4 heterocycles. The Morgan fingerprint density at radius 3 is 2.76 bits per heavy atom. The maximum absolute atomic E-state index is 6.09. The van der Waals surface area contributed by atoms with Gasteiger partial charge in [-0.25, -0.2) is 9.97 Å². The number of hydrogen-bond acceptors (Lipinski definition) is 6. The van der Waals surface area contributed by atoms with Crippen molar-refractivity contribution in [3.05, 3.63) is 30.6 Å². The summed E-state index contributed by atoms with van der Waals surface area (Å²) < 4.78 is 13.5. The predicted molar refractivity (Wildman–Crippen MR) is 94.0 cm³/mol. The van der Waals surface area contributed by atoms with Crippen LogP contribution in [0, 0.1) is 12.8 Å². The molecule has 0 bridgehead atoms. The van der Waals surface area contributed by atoms with Crippen LogP contribution in [-0.4, -0.2) is 58.5 Å². The Labute approximate surface area is 148 Å². The highest BCUT2D eigenvalue weighted by Crippen LogP contribution is 2.22. The lowest BCUT2D eigenvalue weighted by Gasteiger charge is -2.33. The summed E-state index contributed by atoms with van der Waals surface area (Å²) in [5.74, 6) is 3.23. The van der Waals surface area contributed by atoms with Gasteiger partial charge in [-0.1, -0.05) is 0 Å². The van der Waals surface area contributed by atoms with E-state index in [0.29, 0.717) is 12.0 Å². The van der Waals surface area contributed by atoms with E-state index in [1.54, 1.807) is 12.4 Å². The zero-order valence-corrected chi connectivity index (χ0v) is 14.7. The van der Waals surface area contributed by atoms with Crippen LogP contribution in [-0.2, 0) is 9.47 Å². The molecule has 25 heavy (non-hydrogen) atoms. The summed E-state index contributed by atoms with van der Waals surface area (Å²) in [6.07, 6.45) is 10.9. The molecule has 0 spiro atoms. The van der Waals surface area contributed by atoms with Crippen LogP contribution in [0.2, 0.25) is 0 Å². The maximum Gasteiger partial charge on any atom is 0.159 e. The molecule has 1 atom stereocenters. The summed E-state index contributed by atoms with van der Waals surface area (Å²) in [6.45, 7) is 6.44. The molecule has 0 saturated carbocycles. The summed E-state index contributed by atoms with van der Waals surface area (Å²) in [7, 11) is 0. The average molecular weight is 343 g/mol. The number of aromatic nitrogens is 4. The predicted octanol–water partition coefficient (Wildman–Crippen LogP) is 1.99. The molecule has 0 aromatic carbocycles. The largest absolute Gasteiger partial charge is 0.381 e. The third kappa shape index (κ3) is 3.82. The second-order valence-electron chi connectivity index (χ2n) is 6.83. The summed E-state index contributed by atoms with van der Waals surface area (Å²) >= 11 is 0. The van der Waals surface area contributed by atoms with Crippen LogP contribution in [0.5, 0.6) is 0 Å². The molecule has 2 aliphatic heterocycles. The van der Waals surface area contributed by atoms with Crippen molar-refractivity contribution in [3.8, 4) is 5.82 Å². The lowest BCUT2D eigenvalue weighted by Crippen LogP contribution is -2.38. The van der Waals surface area contributed by atoms with Gasteiger partial charge in [0.05, 0.1) is 31.7 Å². The zero-order valence-electron chi connectivity index (χ0n) is 14.7. The van der Waals surface area contributed by atoms with Crippen molar-refractivity contribution in [2.24, 2.45) is 5.92 Å². The Bertz CT molecular complexity index is 690. The lowest BCUT2D eigenvalue weighted by atomic mass is 10.1. The van der Waals surface area contributed by atoms with Gasteiger partial charge in [0.1, 0.15) is 11.6 Å². The smallest absolute Gasteiger partial charge is 0.159 e. The zero-order chi connectivity index (χ0) is 17.1. The third-order valence-corrected chi connectivity index (χ3v) is 5.04. The quantitative estimate of drug-likeness (QED) is 0.827. The van der Waals surface area contributed by atoms with Gasteiger partial charge in [0.25, 0.3) is 0 Å². The van der Waals surface area contributed by atoms with Crippen LogP contribution in [0.15, 0.2) is 24.8 Å². The molecular formula is C18H25N5O2. The van der Waals surface area contributed by atoms with E-state index in [9.17, 15) is 0 Å².